The lowest BCUT2D eigenvalue weighted by atomic mass is 9.98. The predicted molar refractivity (Wildman–Crippen MR) is 167 cm³/mol. The second-order valence-corrected chi connectivity index (χ2v) is 10.7. The first kappa shape index (κ1) is 28.5. The van der Waals surface area contributed by atoms with Crippen LogP contribution >= 0.6 is 0 Å². The Balaban J connectivity index is 1.93. The number of hydrogen-bond donors (Lipinski definition) is 3. The number of carboxylic acids is 1. The van der Waals surface area contributed by atoms with Crippen LogP contribution in [-0.2, 0) is 14.7 Å². The number of aryl methyl sites for hydroxylation is 2. The molecule has 1 radical (unpaired) electrons. The Kier molecular flexibility index (Phi) is 7.56. The third-order valence-electron chi connectivity index (χ3n) is 8.21. The molecule has 0 spiro atoms. The van der Waals surface area contributed by atoms with Gasteiger partial charge in [0.05, 0.1) is 29.2 Å². The van der Waals surface area contributed by atoms with E-state index in [-0.39, 0.29) is 19.3 Å². The number of nitrogens with one attached hydrogen (secondary N) is 2. The Labute approximate surface area is 243 Å². The van der Waals surface area contributed by atoms with E-state index in [4.69, 9.17) is 9.97 Å². The minimum Gasteiger partial charge on any atom is -0.481 e. The summed E-state index contributed by atoms with van der Waals surface area (Å²) in [6.45, 7) is 16.0. The van der Waals surface area contributed by atoms with Gasteiger partial charge in [-0.05, 0) is 98.2 Å². The SMILES string of the molecule is C=Cc1c(C)c2cc3[nH]c(cc4nc(cc5nc(cc1[nH]2)C(C)=C5CCC(=O)O)C(CCC([O])=O)=C4C)c(C)c3C=C. The van der Waals surface area contributed by atoms with Gasteiger partial charge in [-0.3, -0.25) is 4.79 Å². The first-order valence-electron chi connectivity index (χ1n) is 13.8. The molecule has 2 aliphatic rings. The van der Waals surface area contributed by atoms with Gasteiger partial charge in [-0.25, -0.2) is 19.9 Å². The average molecular weight is 562 g/mol. The smallest absolute Gasteiger partial charge is 0.355 e. The summed E-state index contributed by atoms with van der Waals surface area (Å²) in [4.78, 5) is 39.9. The lowest BCUT2D eigenvalue weighted by molar-refractivity contribution is -0.143. The van der Waals surface area contributed by atoms with Crippen LogP contribution < -0.4 is 0 Å². The molecule has 3 aromatic rings. The van der Waals surface area contributed by atoms with Gasteiger partial charge in [0.15, 0.2) is 0 Å². The molecule has 8 bridgehead atoms. The van der Waals surface area contributed by atoms with E-state index < -0.39 is 11.9 Å². The first-order valence-corrected chi connectivity index (χ1v) is 13.8. The van der Waals surface area contributed by atoms with Crippen molar-refractivity contribution in [3.05, 3.63) is 82.5 Å². The first-order chi connectivity index (χ1) is 20.0. The molecule has 0 amide bonds. The van der Waals surface area contributed by atoms with Gasteiger partial charge in [0.25, 0.3) is 0 Å². The van der Waals surface area contributed by atoms with Crippen molar-refractivity contribution in [3.8, 4) is 0 Å². The summed E-state index contributed by atoms with van der Waals surface area (Å²) in [7, 11) is 0. The molecular formula is C34H33N4O4. The zero-order valence-corrected chi connectivity index (χ0v) is 24.3. The molecule has 0 saturated carbocycles. The third-order valence-corrected chi connectivity index (χ3v) is 8.21. The van der Waals surface area contributed by atoms with E-state index in [2.05, 4.69) is 29.2 Å². The van der Waals surface area contributed by atoms with Gasteiger partial charge in [0.2, 0.25) is 0 Å². The highest BCUT2D eigenvalue weighted by molar-refractivity contribution is 5.97. The van der Waals surface area contributed by atoms with Crippen molar-refractivity contribution in [2.45, 2.75) is 53.4 Å². The molecule has 8 nitrogen and oxygen atoms in total. The zero-order valence-electron chi connectivity index (χ0n) is 24.3. The van der Waals surface area contributed by atoms with E-state index in [0.29, 0.717) is 29.2 Å². The van der Waals surface area contributed by atoms with E-state index in [1.54, 1.807) is 0 Å². The number of carboxylic acid groups (broad SMARTS) is 1. The summed E-state index contributed by atoms with van der Waals surface area (Å²) >= 11 is 0. The highest BCUT2D eigenvalue weighted by Crippen LogP contribution is 2.38. The van der Waals surface area contributed by atoms with Gasteiger partial charge in [-0.1, -0.05) is 25.3 Å². The molecule has 0 aromatic carbocycles. The molecule has 213 valence electrons. The summed E-state index contributed by atoms with van der Waals surface area (Å²) in [6.07, 6.45) is 4.00. The summed E-state index contributed by atoms with van der Waals surface area (Å²) in [5.41, 5.74) is 13.5. The number of aromatic nitrogens is 4. The summed E-state index contributed by atoms with van der Waals surface area (Å²) in [5, 5.41) is 20.8. The molecule has 0 saturated heterocycles. The van der Waals surface area contributed by atoms with E-state index in [1.807, 2.05) is 58.0 Å². The number of carbonyl (C=O) groups excluding carboxylic acids is 1. The Morgan fingerprint density at radius 1 is 0.714 bits per heavy atom. The van der Waals surface area contributed by atoms with Crippen LogP contribution in [0.2, 0.25) is 0 Å². The lowest BCUT2D eigenvalue weighted by Gasteiger charge is -2.04. The van der Waals surface area contributed by atoms with Crippen molar-refractivity contribution in [2.24, 2.45) is 0 Å². The quantitative estimate of drug-likeness (QED) is 0.259. The van der Waals surface area contributed by atoms with Gasteiger partial charge in [-0.15, -0.1) is 0 Å². The maximum absolute atomic E-state index is 11.5. The number of H-pyrrole nitrogens is 2. The number of hydrogen-bond acceptors (Lipinski definition) is 4. The van der Waals surface area contributed by atoms with Crippen LogP contribution in [0.25, 0.3) is 56.5 Å². The van der Waals surface area contributed by atoms with Crippen LogP contribution in [0.1, 0.15) is 84.6 Å². The third kappa shape index (κ3) is 5.11. The Bertz CT molecular complexity index is 1920. The van der Waals surface area contributed by atoms with E-state index in [1.165, 1.54) is 0 Å². The van der Waals surface area contributed by atoms with Crippen LogP contribution in [0.4, 0.5) is 0 Å². The Hall–Kier alpha value is -4.98. The van der Waals surface area contributed by atoms with Gasteiger partial charge >= 0.3 is 11.9 Å². The normalized spacial score (nSPS) is 13.0. The molecule has 3 aromatic heterocycles. The lowest BCUT2D eigenvalue weighted by Crippen LogP contribution is -1.96. The number of allylic oxidation sites excluding steroid dienone is 4. The van der Waals surface area contributed by atoms with Crippen molar-refractivity contribution in [2.75, 3.05) is 0 Å². The molecule has 5 rings (SSSR count). The van der Waals surface area contributed by atoms with Crippen molar-refractivity contribution < 1.29 is 19.8 Å². The second-order valence-electron chi connectivity index (χ2n) is 10.7. The van der Waals surface area contributed by atoms with Crippen molar-refractivity contribution >= 4 is 68.4 Å². The van der Waals surface area contributed by atoms with E-state index in [9.17, 15) is 19.8 Å². The van der Waals surface area contributed by atoms with Crippen LogP contribution in [0.5, 0.6) is 0 Å². The minimum absolute atomic E-state index is 0.0463. The largest absolute Gasteiger partial charge is 0.481 e. The van der Waals surface area contributed by atoms with Gasteiger partial charge in [0.1, 0.15) is 0 Å². The van der Waals surface area contributed by atoms with Crippen molar-refractivity contribution in [1.29, 1.82) is 0 Å². The van der Waals surface area contributed by atoms with E-state index in [0.717, 1.165) is 66.6 Å². The molecule has 0 unspecified atom stereocenters. The standard InChI is InChI=1S/C34H33N4O4/c1-7-21-17(3)25-13-26-19(5)23(9-11-33(39)40)31(37-26)16-32-24(10-12-34(41)42)20(6)28(38-32)15-30-22(8-2)18(4)27(36-30)14-29(21)35-25/h7-8,13-16,35-36H,1-2,9-12H2,3-6H3,(H,41,42). The number of carbonyl (C=O) groups is 2. The van der Waals surface area contributed by atoms with Crippen LogP contribution in [-0.4, -0.2) is 37.0 Å². The maximum atomic E-state index is 11.5. The molecule has 42 heavy (non-hydrogen) atoms. The molecule has 8 heteroatoms. The predicted octanol–water partition coefficient (Wildman–Crippen LogP) is 7.68. The number of rotatable bonds is 8. The zero-order chi connectivity index (χ0) is 30.3. The average Bonchev–Trinajstić information content (AvgIpc) is 3.59. The molecule has 0 fully saturated rings. The van der Waals surface area contributed by atoms with Crippen LogP contribution in [0, 0.1) is 13.8 Å². The highest BCUT2D eigenvalue weighted by Gasteiger charge is 2.22. The molecule has 5 heterocycles. The Morgan fingerprint density at radius 2 is 1.17 bits per heavy atom. The summed E-state index contributed by atoms with van der Waals surface area (Å²) in [6, 6.07) is 7.83. The van der Waals surface area contributed by atoms with Crippen molar-refractivity contribution in [1.82, 2.24) is 19.9 Å². The fraction of sp³-hybridized carbons (Fsp3) is 0.235. The number of aromatic amines is 2. The molecule has 0 atom stereocenters. The minimum atomic E-state index is -1.14. The van der Waals surface area contributed by atoms with Crippen molar-refractivity contribution in [3.63, 3.8) is 0 Å². The molecule has 3 N–H and O–H groups in total. The number of aliphatic carboxylic acids is 1. The van der Waals surface area contributed by atoms with Crippen LogP contribution in [0.15, 0.2) is 37.4 Å². The number of fused-ring (bicyclic) bond motifs is 8. The van der Waals surface area contributed by atoms with Gasteiger partial charge < -0.3 is 15.1 Å². The molecule has 2 aliphatic heterocycles. The van der Waals surface area contributed by atoms with E-state index >= 15 is 0 Å². The fourth-order valence-electron chi connectivity index (χ4n) is 5.76. The molecular weight excluding hydrogens is 528 g/mol. The highest BCUT2D eigenvalue weighted by atomic mass is 16.4. The summed E-state index contributed by atoms with van der Waals surface area (Å²) < 4.78 is 0. The maximum Gasteiger partial charge on any atom is 0.355 e. The van der Waals surface area contributed by atoms with Gasteiger partial charge in [0, 0.05) is 39.6 Å². The summed E-state index contributed by atoms with van der Waals surface area (Å²) in [5.74, 6) is -2.03. The monoisotopic (exact) mass is 561 g/mol. The Morgan fingerprint density at radius 3 is 1.64 bits per heavy atom. The number of nitrogens with zero attached hydrogens (tertiary/aromatic N) is 2. The second kappa shape index (κ2) is 11.1. The van der Waals surface area contributed by atoms with Crippen LogP contribution in [0.3, 0.4) is 0 Å². The molecule has 0 aliphatic carbocycles. The van der Waals surface area contributed by atoms with Gasteiger partial charge in [-0.2, -0.15) is 0 Å². The topological polar surface area (TPSA) is 132 Å². The fourth-order valence-corrected chi connectivity index (χ4v) is 5.76.